The van der Waals surface area contributed by atoms with Gasteiger partial charge in [-0.05, 0) is 42.9 Å². The second-order valence-electron chi connectivity index (χ2n) is 8.56. The highest BCUT2D eigenvalue weighted by Gasteiger charge is 2.59. The predicted molar refractivity (Wildman–Crippen MR) is 108 cm³/mol. The number of fused-ring (bicyclic) bond motifs is 3. The molecular weight excluding hydrogens is 388 g/mol. The van der Waals surface area contributed by atoms with Crippen LogP contribution in [-0.4, -0.2) is 52.5 Å². The third-order valence-corrected chi connectivity index (χ3v) is 6.63. The van der Waals surface area contributed by atoms with Crippen LogP contribution in [-0.2, 0) is 16.0 Å². The number of hydrogen-bond donors (Lipinski definition) is 4. The van der Waals surface area contributed by atoms with Crippen molar-refractivity contribution in [2.45, 2.75) is 31.8 Å². The molecule has 4 rings (SSSR count). The second-order valence-corrected chi connectivity index (χ2v) is 8.56. The van der Waals surface area contributed by atoms with E-state index in [0.717, 1.165) is 16.8 Å². The number of aliphatic hydroxyl groups is 3. The van der Waals surface area contributed by atoms with Crippen LogP contribution in [0, 0.1) is 18.8 Å². The standard InChI is InChI=1S/C22H24N2O6/c1-9-4-5-13(24(2)3)12-7-10-6-11-8-14(25)17(21(23)29)20(28)22(11,30)19(27)16(10)18(26)15(9)12/h4-5,10-11,25,27,30H,6-8H2,1-3H3,(H2,23,29)/t10-,11+,22+/m1/s1. The second kappa shape index (κ2) is 6.43. The zero-order valence-electron chi connectivity index (χ0n) is 17.0. The van der Waals surface area contributed by atoms with E-state index in [-0.39, 0.29) is 18.4 Å². The first kappa shape index (κ1) is 20.2. The predicted octanol–water partition coefficient (Wildman–Crippen LogP) is 1.25. The molecule has 0 spiro atoms. The maximum Gasteiger partial charge on any atom is 0.255 e. The van der Waals surface area contributed by atoms with Crippen LogP contribution < -0.4 is 10.6 Å². The lowest BCUT2D eigenvalue weighted by atomic mass is 9.60. The number of carbonyl (C=O) groups is 3. The van der Waals surface area contributed by atoms with E-state index in [0.29, 0.717) is 12.0 Å². The number of nitrogens with zero attached hydrogens (tertiary/aromatic N) is 1. The molecule has 3 aliphatic rings. The zero-order valence-corrected chi connectivity index (χ0v) is 17.0. The number of carbonyl (C=O) groups excluding carboxylic acids is 3. The molecule has 8 nitrogen and oxygen atoms in total. The molecule has 3 atom stereocenters. The smallest absolute Gasteiger partial charge is 0.255 e. The molecule has 3 aliphatic carbocycles. The van der Waals surface area contributed by atoms with E-state index in [2.05, 4.69) is 0 Å². The molecule has 30 heavy (non-hydrogen) atoms. The van der Waals surface area contributed by atoms with Crippen molar-refractivity contribution in [3.05, 3.63) is 51.5 Å². The number of Topliss-reactive ketones (excluding diaryl/α,β-unsaturated/α-hetero) is 2. The number of rotatable bonds is 2. The van der Waals surface area contributed by atoms with Crippen LogP contribution in [0.15, 0.2) is 34.8 Å². The monoisotopic (exact) mass is 412 g/mol. The minimum absolute atomic E-state index is 0.00110. The van der Waals surface area contributed by atoms with Crippen molar-refractivity contribution < 1.29 is 29.7 Å². The van der Waals surface area contributed by atoms with Gasteiger partial charge in [0.05, 0.1) is 0 Å². The molecule has 0 bridgehead atoms. The molecule has 5 N–H and O–H groups in total. The molecule has 1 amide bonds. The summed E-state index contributed by atoms with van der Waals surface area (Å²) in [5.74, 6) is -5.30. The highest BCUT2D eigenvalue weighted by Crippen LogP contribution is 2.51. The van der Waals surface area contributed by atoms with E-state index in [1.54, 1.807) is 6.92 Å². The first-order valence-electron chi connectivity index (χ1n) is 9.77. The minimum Gasteiger partial charge on any atom is -0.511 e. The number of primary amides is 1. The fourth-order valence-electron chi connectivity index (χ4n) is 5.21. The number of aryl methyl sites for hydroxylation is 1. The highest BCUT2D eigenvalue weighted by atomic mass is 16.3. The Kier molecular flexibility index (Phi) is 4.32. The molecule has 158 valence electrons. The Hall–Kier alpha value is -3.13. The van der Waals surface area contributed by atoms with E-state index >= 15 is 0 Å². The Bertz CT molecular complexity index is 1080. The van der Waals surface area contributed by atoms with Crippen molar-refractivity contribution >= 4 is 23.2 Å². The fourth-order valence-corrected chi connectivity index (χ4v) is 5.21. The molecule has 0 fully saturated rings. The van der Waals surface area contributed by atoms with Gasteiger partial charge in [0.1, 0.15) is 17.1 Å². The Morgan fingerprint density at radius 2 is 1.87 bits per heavy atom. The molecular formula is C22H24N2O6. The van der Waals surface area contributed by atoms with E-state index in [9.17, 15) is 29.7 Å². The molecule has 0 unspecified atom stereocenters. The van der Waals surface area contributed by atoms with Crippen molar-refractivity contribution in [2.24, 2.45) is 17.6 Å². The van der Waals surface area contributed by atoms with Gasteiger partial charge in [0.2, 0.25) is 5.78 Å². The van der Waals surface area contributed by atoms with Crippen LogP contribution in [0.1, 0.15) is 34.3 Å². The lowest BCUT2D eigenvalue weighted by molar-refractivity contribution is -0.144. The Morgan fingerprint density at radius 1 is 1.20 bits per heavy atom. The average Bonchev–Trinajstić information content (AvgIpc) is 2.64. The molecule has 0 saturated heterocycles. The highest BCUT2D eigenvalue weighted by molar-refractivity contribution is 6.24. The Morgan fingerprint density at radius 3 is 2.47 bits per heavy atom. The van der Waals surface area contributed by atoms with Gasteiger partial charge in [-0.25, -0.2) is 0 Å². The van der Waals surface area contributed by atoms with Crippen LogP contribution in [0.2, 0.25) is 0 Å². The van der Waals surface area contributed by atoms with E-state index in [1.165, 1.54) is 0 Å². The van der Waals surface area contributed by atoms with Gasteiger partial charge in [-0.2, -0.15) is 0 Å². The lowest BCUT2D eigenvalue weighted by Crippen LogP contribution is -2.57. The van der Waals surface area contributed by atoms with Crippen molar-refractivity contribution in [3.63, 3.8) is 0 Å². The molecule has 0 heterocycles. The van der Waals surface area contributed by atoms with Crippen molar-refractivity contribution in [1.82, 2.24) is 0 Å². The van der Waals surface area contributed by atoms with Gasteiger partial charge in [-0.1, -0.05) is 6.07 Å². The summed E-state index contributed by atoms with van der Waals surface area (Å²) in [5, 5.41) is 32.4. The summed E-state index contributed by atoms with van der Waals surface area (Å²) in [6.45, 7) is 1.80. The van der Waals surface area contributed by atoms with Crippen molar-refractivity contribution in [1.29, 1.82) is 0 Å². The van der Waals surface area contributed by atoms with Gasteiger partial charge in [-0.15, -0.1) is 0 Å². The van der Waals surface area contributed by atoms with E-state index in [4.69, 9.17) is 5.73 Å². The zero-order chi connectivity index (χ0) is 22.1. The molecule has 0 aliphatic heterocycles. The summed E-state index contributed by atoms with van der Waals surface area (Å²) < 4.78 is 0. The third kappa shape index (κ3) is 2.46. The topological polar surface area (TPSA) is 141 Å². The summed E-state index contributed by atoms with van der Waals surface area (Å²) in [5.41, 5.74) is 4.96. The number of amides is 1. The minimum atomic E-state index is -2.46. The molecule has 0 saturated carbocycles. The normalized spacial score (nSPS) is 28.1. The average molecular weight is 412 g/mol. The Balaban J connectivity index is 1.92. The number of nitrogens with two attached hydrogens (primary N) is 1. The summed E-state index contributed by atoms with van der Waals surface area (Å²) in [7, 11) is 3.76. The van der Waals surface area contributed by atoms with E-state index in [1.807, 2.05) is 31.1 Å². The molecule has 0 aromatic heterocycles. The summed E-state index contributed by atoms with van der Waals surface area (Å²) in [6.07, 6.45) is 0.455. The van der Waals surface area contributed by atoms with Crippen LogP contribution >= 0.6 is 0 Å². The summed E-state index contributed by atoms with van der Waals surface area (Å²) in [4.78, 5) is 39.9. The maximum absolute atomic E-state index is 13.4. The number of hydrogen-bond acceptors (Lipinski definition) is 7. The third-order valence-electron chi connectivity index (χ3n) is 6.63. The number of anilines is 1. The van der Waals surface area contributed by atoms with Crippen molar-refractivity contribution in [2.75, 3.05) is 19.0 Å². The van der Waals surface area contributed by atoms with Gasteiger partial charge < -0.3 is 26.0 Å². The Labute approximate surface area is 173 Å². The number of benzene rings is 1. The van der Waals surface area contributed by atoms with Gasteiger partial charge >= 0.3 is 0 Å². The molecule has 1 aromatic carbocycles. The van der Waals surface area contributed by atoms with Gasteiger partial charge in [0, 0.05) is 43.3 Å². The SMILES string of the molecule is Cc1ccc(N(C)C)c2c1C(=O)C1=C(O)[C@]3(O)C(=O)C(C(N)=O)=C(O)C[C@@H]3C[C@@H]1C2. The maximum atomic E-state index is 13.4. The van der Waals surface area contributed by atoms with Gasteiger partial charge in [0.15, 0.2) is 11.4 Å². The lowest BCUT2D eigenvalue weighted by Gasteiger charge is -2.46. The van der Waals surface area contributed by atoms with E-state index < -0.39 is 52.0 Å². The first-order chi connectivity index (χ1) is 14.0. The molecule has 8 heteroatoms. The fraction of sp³-hybridized carbons (Fsp3) is 0.409. The largest absolute Gasteiger partial charge is 0.511 e. The first-order valence-corrected chi connectivity index (χ1v) is 9.77. The van der Waals surface area contributed by atoms with Gasteiger partial charge in [-0.3, -0.25) is 14.4 Å². The molecule has 1 aromatic rings. The molecule has 0 radical (unpaired) electrons. The summed E-state index contributed by atoms with van der Waals surface area (Å²) >= 11 is 0. The van der Waals surface area contributed by atoms with Crippen LogP contribution in [0.3, 0.4) is 0 Å². The quantitative estimate of drug-likeness (QED) is 0.536. The summed E-state index contributed by atoms with van der Waals surface area (Å²) in [6, 6.07) is 3.76. The number of allylic oxidation sites excluding steroid dienone is 2. The van der Waals surface area contributed by atoms with Crippen LogP contribution in [0.5, 0.6) is 0 Å². The number of ketones is 2. The number of aliphatic hydroxyl groups excluding tert-OH is 2. The van der Waals surface area contributed by atoms with Crippen molar-refractivity contribution in [3.8, 4) is 0 Å². The van der Waals surface area contributed by atoms with Crippen LogP contribution in [0.25, 0.3) is 0 Å². The van der Waals surface area contributed by atoms with Gasteiger partial charge in [0.25, 0.3) is 5.91 Å². The van der Waals surface area contributed by atoms with Crippen LogP contribution in [0.4, 0.5) is 5.69 Å².